The summed E-state index contributed by atoms with van der Waals surface area (Å²) in [6.07, 6.45) is 1.97. The Balaban J connectivity index is 1.78. The van der Waals surface area contributed by atoms with Crippen LogP contribution in [0.3, 0.4) is 0 Å². The first-order valence-electron chi connectivity index (χ1n) is 12.4. The van der Waals surface area contributed by atoms with E-state index in [1.165, 1.54) is 21.1 Å². The second-order valence-corrected chi connectivity index (χ2v) is 10.8. The van der Waals surface area contributed by atoms with Crippen LogP contribution in [0.5, 0.6) is 0 Å². The Morgan fingerprint density at radius 1 is 1.14 bits per heavy atom. The van der Waals surface area contributed by atoms with E-state index >= 15 is 0 Å². The Hall–Kier alpha value is -3.00. The predicted octanol–water partition coefficient (Wildman–Crippen LogP) is 4.02. The highest BCUT2D eigenvalue weighted by Crippen LogP contribution is 2.64. The van der Waals surface area contributed by atoms with Gasteiger partial charge in [0.25, 0.3) is 0 Å². The monoisotopic (exact) mass is 497 g/mol. The fraction of sp³-hybridized carbons (Fsp3) is 0.571. The number of ether oxygens (including phenoxy) is 3. The molecule has 0 saturated heterocycles. The van der Waals surface area contributed by atoms with Crippen molar-refractivity contribution in [1.29, 1.82) is 0 Å². The lowest BCUT2D eigenvalue weighted by molar-refractivity contribution is -0.198. The topological polar surface area (TPSA) is 111 Å². The number of carbonyl (C=O) groups excluding carboxylic acids is 3. The van der Waals surface area contributed by atoms with Crippen LogP contribution in [0.4, 0.5) is 5.69 Å². The van der Waals surface area contributed by atoms with E-state index in [0.717, 1.165) is 5.57 Å². The van der Waals surface area contributed by atoms with Crippen molar-refractivity contribution in [3.63, 3.8) is 0 Å². The Kier molecular flexibility index (Phi) is 6.62. The molecule has 2 aliphatic carbocycles. The molecule has 2 fully saturated rings. The van der Waals surface area contributed by atoms with Crippen LogP contribution in [0.1, 0.15) is 58.4 Å². The zero-order valence-electron chi connectivity index (χ0n) is 21.6. The van der Waals surface area contributed by atoms with Gasteiger partial charge < -0.3 is 19.3 Å². The summed E-state index contributed by atoms with van der Waals surface area (Å²) < 4.78 is 15.9. The van der Waals surface area contributed by atoms with Gasteiger partial charge in [-0.1, -0.05) is 37.3 Å². The summed E-state index contributed by atoms with van der Waals surface area (Å²) in [5.74, 6) is -1.99. The van der Waals surface area contributed by atoms with Crippen LogP contribution in [0.2, 0.25) is 0 Å². The maximum Gasteiger partial charge on any atom is 0.355 e. The smallest absolute Gasteiger partial charge is 0.355 e. The van der Waals surface area contributed by atoms with Crippen molar-refractivity contribution in [2.24, 2.45) is 27.7 Å². The fourth-order valence-electron chi connectivity index (χ4n) is 7.17. The summed E-state index contributed by atoms with van der Waals surface area (Å²) in [4.78, 5) is 42.3. The summed E-state index contributed by atoms with van der Waals surface area (Å²) in [6.45, 7) is 9.64. The van der Waals surface area contributed by atoms with Gasteiger partial charge in [0, 0.05) is 12.5 Å². The van der Waals surface area contributed by atoms with Crippen LogP contribution < -0.4 is 0 Å². The second-order valence-electron chi connectivity index (χ2n) is 10.8. The third-order valence-corrected chi connectivity index (χ3v) is 8.96. The van der Waals surface area contributed by atoms with Crippen molar-refractivity contribution in [1.82, 2.24) is 0 Å². The first-order chi connectivity index (χ1) is 16.9. The molecule has 2 saturated carbocycles. The number of hydrogen-bond donors (Lipinski definition) is 1. The van der Waals surface area contributed by atoms with Gasteiger partial charge in [0.2, 0.25) is 0 Å². The van der Waals surface area contributed by atoms with E-state index in [-0.39, 0.29) is 24.0 Å². The van der Waals surface area contributed by atoms with E-state index in [1.54, 1.807) is 24.3 Å². The Labute approximate surface area is 211 Å². The number of methoxy groups -OCH3 is 2. The first-order valence-corrected chi connectivity index (χ1v) is 12.4. The fourth-order valence-corrected chi connectivity index (χ4v) is 7.17. The summed E-state index contributed by atoms with van der Waals surface area (Å²) >= 11 is 0. The van der Waals surface area contributed by atoms with Crippen molar-refractivity contribution >= 4 is 29.3 Å². The summed E-state index contributed by atoms with van der Waals surface area (Å²) in [5, 5.41) is 12.1. The minimum atomic E-state index is -1.67. The van der Waals surface area contributed by atoms with Gasteiger partial charge in [-0.2, -0.15) is 0 Å². The molecule has 0 bridgehead atoms. The van der Waals surface area contributed by atoms with Crippen molar-refractivity contribution in [3.8, 4) is 0 Å². The molecule has 194 valence electrons. The number of allylic oxidation sites excluding steroid dienone is 1. The molecule has 0 radical (unpaired) electrons. The van der Waals surface area contributed by atoms with Crippen LogP contribution in [0.15, 0.2) is 41.4 Å². The molecule has 2 unspecified atom stereocenters. The second kappa shape index (κ2) is 9.14. The van der Waals surface area contributed by atoms with Crippen molar-refractivity contribution in [2.75, 3.05) is 14.2 Å². The molecule has 36 heavy (non-hydrogen) atoms. The van der Waals surface area contributed by atoms with Gasteiger partial charge >= 0.3 is 17.9 Å². The number of esters is 3. The quantitative estimate of drug-likeness (QED) is 0.372. The molecule has 8 heteroatoms. The number of carbonyl (C=O) groups is 3. The minimum absolute atomic E-state index is 0.0472. The number of nitrogens with zero attached hydrogens (tertiary/aromatic N) is 1. The Morgan fingerprint density at radius 2 is 1.83 bits per heavy atom. The third-order valence-electron chi connectivity index (χ3n) is 8.96. The third kappa shape index (κ3) is 3.77. The highest BCUT2D eigenvalue weighted by Gasteiger charge is 2.64. The van der Waals surface area contributed by atoms with E-state index in [9.17, 15) is 19.5 Å². The summed E-state index contributed by atoms with van der Waals surface area (Å²) in [5.41, 5.74) is -1.24. The predicted molar refractivity (Wildman–Crippen MR) is 132 cm³/mol. The number of aliphatic imine (C=N–C) groups is 1. The van der Waals surface area contributed by atoms with Gasteiger partial charge in [-0.25, -0.2) is 9.79 Å². The highest BCUT2D eigenvalue weighted by atomic mass is 16.6. The summed E-state index contributed by atoms with van der Waals surface area (Å²) in [6, 6.07) is 7.14. The zero-order valence-corrected chi connectivity index (χ0v) is 21.6. The Bertz CT molecular complexity index is 1140. The normalized spacial score (nSPS) is 35.2. The molecular formula is C28H35NO7. The number of fused-ring (bicyclic) bond motifs is 2. The number of aliphatic hydroxyl groups is 1. The van der Waals surface area contributed by atoms with Crippen molar-refractivity contribution < 1.29 is 33.7 Å². The van der Waals surface area contributed by atoms with Crippen molar-refractivity contribution in [3.05, 3.63) is 42.0 Å². The van der Waals surface area contributed by atoms with Gasteiger partial charge in [-0.15, -0.1) is 0 Å². The van der Waals surface area contributed by atoms with Gasteiger partial charge in [-0.05, 0) is 62.3 Å². The number of para-hydroxylation sites is 1. The number of benzene rings is 1. The summed E-state index contributed by atoms with van der Waals surface area (Å²) in [7, 11) is 2.62. The molecule has 1 aliphatic heterocycles. The van der Waals surface area contributed by atoms with Gasteiger partial charge in [-0.3, -0.25) is 9.59 Å². The van der Waals surface area contributed by atoms with E-state index in [0.29, 0.717) is 36.9 Å². The van der Waals surface area contributed by atoms with Crippen LogP contribution in [-0.2, 0) is 34.2 Å². The molecule has 8 nitrogen and oxygen atoms in total. The van der Waals surface area contributed by atoms with E-state index in [4.69, 9.17) is 14.2 Å². The van der Waals surface area contributed by atoms with Gasteiger partial charge in [0.15, 0.2) is 5.71 Å². The first kappa shape index (κ1) is 26.1. The molecular weight excluding hydrogens is 462 g/mol. The lowest BCUT2D eigenvalue weighted by Gasteiger charge is -2.59. The van der Waals surface area contributed by atoms with Crippen LogP contribution >= 0.6 is 0 Å². The molecule has 1 N–H and O–H groups in total. The Morgan fingerprint density at radius 3 is 2.47 bits per heavy atom. The molecule has 4 rings (SSSR count). The maximum atomic E-state index is 13.3. The van der Waals surface area contributed by atoms with E-state index in [2.05, 4.69) is 18.5 Å². The highest BCUT2D eigenvalue weighted by molar-refractivity contribution is 6.41. The minimum Gasteiger partial charge on any atom is -0.468 e. The SMILES string of the molecule is C=C1CCC2C(C)(C(=O)OC)[C@@H](OC(C)=O)CC[C@]2(C)[C@H]1C[C@@]1(O)C(C(=O)OC)=Nc2ccccc21. The van der Waals surface area contributed by atoms with Crippen LogP contribution in [0, 0.1) is 22.7 Å². The molecule has 6 atom stereocenters. The van der Waals surface area contributed by atoms with Crippen LogP contribution in [-0.4, -0.2) is 49.0 Å². The average Bonchev–Trinajstić information content (AvgIpc) is 3.14. The molecule has 1 aromatic rings. The molecule has 0 amide bonds. The van der Waals surface area contributed by atoms with Gasteiger partial charge in [0.05, 0.1) is 19.9 Å². The van der Waals surface area contributed by atoms with E-state index in [1.807, 2.05) is 6.92 Å². The largest absolute Gasteiger partial charge is 0.468 e. The average molecular weight is 498 g/mol. The molecule has 0 spiro atoms. The molecule has 1 aromatic carbocycles. The molecule has 3 aliphatic rings. The molecule has 0 aromatic heterocycles. The van der Waals surface area contributed by atoms with Gasteiger partial charge in [0.1, 0.15) is 17.1 Å². The number of hydrogen-bond acceptors (Lipinski definition) is 8. The lowest BCUT2D eigenvalue weighted by atomic mass is 9.45. The van der Waals surface area contributed by atoms with Crippen molar-refractivity contribution in [2.45, 2.75) is 64.6 Å². The number of rotatable bonds is 5. The zero-order chi connectivity index (χ0) is 26.5. The lowest BCUT2D eigenvalue weighted by Crippen LogP contribution is -2.61. The van der Waals surface area contributed by atoms with Crippen LogP contribution in [0.25, 0.3) is 0 Å². The molecule has 1 heterocycles. The van der Waals surface area contributed by atoms with E-state index < -0.39 is 40.4 Å². The maximum absolute atomic E-state index is 13.3. The standard InChI is InChI=1S/C28H35NO7/c1-16-11-12-21-26(3,14-13-22(36-17(2)30)27(21,4)25(32)35-6)19(16)15-28(33)18-9-7-8-10-20(18)29-23(28)24(31)34-5/h7-10,19,21-22,33H,1,11-15H2,2-6H3/t19-,21?,22-,26+,27?,28-/m0/s1.